The molecule has 0 N–H and O–H groups in total. The normalized spacial score (nSPS) is 10.2. The van der Waals surface area contributed by atoms with Crippen molar-refractivity contribution in [2.24, 2.45) is 0 Å². The second-order valence-corrected chi connectivity index (χ2v) is 3.95. The Hall–Kier alpha value is -1.87. The Labute approximate surface area is 119 Å². The maximum Gasteiger partial charge on any atom is 0.387 e. The van der Waals surface area contributed by atoms with Crippen LogP contribution in [0.2, 0.25) is 0 Å². The maximum absolute atomic E-state index is 12.5. The van der Waals surface area contributed by atoms with Gasteiger partial charge in [0.15, 0.2) is 0 Å². The molecule has 7 heteroatoms. The van der Waals surface area contributed by atoms with E-state index in [1.165, 1.54) is 12.1 Å². The smallest absolute Gasteiger partial charge is 0.387 e. The average Bonchev–Trinajstić information content (AvgIpc) is 2.40. The first-order valence-electron chi connectivity index (χ1n) is 5.74. The number of alkyl halides is 3. The molecule has 4 nitrogen and oxygen atoms in total. The third-order valence-electron chi connectivity index (χ3n) is 2.44. The standard InChI is InChI=1S/C13H12ClF2NO3/c1-2-19-11(18)5-10-9(7-17)4-3-8(6-14)12(10)20-13(15)16/h3-4,13H,2,5-6H2,1H3. The van der Waals surface area contributed by atoms with Crippen LogP contribution in [0.5, 0.6) is 5.75 Å². The van der Waals surface area contributed by atoms with Gasteiger partial charge in [0.25, 0.3) is 0 Å². The molecule has 0 aromatic heterocycles. The monoisotopic (exact) mass is 303 g/mol. The van der Waals surface area contributed by atoms with Gasteiger partial charge in [-0.3, -0.25) is 4.79 Å². The Balaban J connectivity index is 3.27. The van der Waals surface area contributed by atoms with Crippen molar-refractivity contribution < 1.29 is 23.0 Å². The minimum absolute atomic E-state index is 0.0596. The fraction of sp³-hybridized carbons (Fsp3) is 0.385. The number of hydrogen-bond donors (Lipinski definition) is 0. The number of carbonyl (C=O) groups excluding carboxylic acids is 1. The molecule has 1 rings (SSSR count). The lowest BCUT2D eigenvalue weighted by Gasteiger charge is -2.15. The number of carbonyl (C=O) groups is 1. The van der Waals surface area contributed by atoms with E-state index >= 15 is 0 Å². The zero-order valence-corrected chi connectivity index (χ0v) is 11.4. The molecule has 0 fully saturated rings. The van der Waals surface area contributed by atoms with Gasteiger partial charge in [-0.15, -0.1) is 11.6 Å². The third-order valence-corrected chi connectivity index (χ3v) is 2.73. The van der Waals surface area contributed by atoms with Gasteiger partial charge in [0, 0.05) is 11.1 Å². The molecule has 0 aliphatic carbocycles. The summed E-state index contributed by atoms with van der Waals surface area (Å²) in [7, 11) is 0. The molecule has 0 radical (unpaired) electrons. The molecule has 0 spiro atoms. The highest BCUT2D eigenvalue weighted by Gasteiger charge is 2.20. The van der Waals surface area contributed by atoms with Crippen molar-refractivity contribution in [2.45, 2.75) is 25.8 Å². The first kappa shape index (κ1) is 16.2. The quantitative estimate of drug-likeness (QED) is 0.599. The largest absolute Gasteiger partial charge is 0.466 e. The molecule has 0 unspecified atom stereocenters. The number of nitrogens with zero attached hydrogens (tertiary/aromatic N) is 1. The summed E-state index contributed by atoms with van der Waals surface area (Å²) in [5, 5.41) is 9.01. The molecule has 0 atom stereocenters. The van der Waals surface area contributed by atoms with E-state index in [4.69, 9.17) is 21.6 Å². The van der Waals surface area contributed by atoms with Crippen LogP contribution in [0.15, 0.2) is 12.1 Å². The fourth-order valence-electron chi connectivity index (χ4n) is 1.65. The van der Waals surface area contributed by atoms with Gasteiger partial charge in [0.1, 0.15) is 5.75 Å². The topological polar surface area (TPSA) is 59.3 Å². The molecule has 0 saturated heterocycles. The van der Waals surface area contributed by atoms with Crippen LogP contribution in [-0.2, 0) is 21.8 Å². The molecule has 0 aliphatic heterocycles. The minimum atomic E-state index is -3.08. The van der Waals surface area contributed by atoms with Gasteiger partial charge in [-0.1, -0.05) is 6.07 Å². The van der Waals surface area contributed by atoms with E-state index in [2.05, 4.69) is 4.74 Å². The van der Waals surface area contributed by atoms with Crippen molar-refractivity contribution in [3.8, 4) is 11.8 Å². The molecule has 0 amide bonds. The first-order valence-corrected chi connectivity index (χ1v) is 6.28. The SMILES string of the molecule is CCOC(=O)Cc1c(C#N)ccc(CCl)c1OC(F)F. The van der Waals surface area contributed by atoms with Gasteiger partial charge in [0.05, 0.1) is 30.5 Å². The lowest BCUT2D eigenvalue weighted by atomic mass is 10.0. The van der Waals surface area contributed by atoms with Crippen molar-refractivity contribution in [1.29, 1.82) is 5.26 Å². The van der Waals surface area contributed by atoms with E-state index in [1.807, 2.05) is 6.07 Å². The van der Waals surface area contributed by atoms with Gasteiger partial charge in [-0.2, -0.15) is 14.0 Å². The predicted octanol–water partition coefficient (Wildman–Crippen LogP) is 3.00. The number of nitriles is 1. The highest BCUT2D eigenvalue weighted by Crippen LogP contribution is 2.30. The molecule has 1 aromatic rings. The summed E-state index contributed by atoms with van der Waals surface area (Å²) >= 11 is 5.66. The van der Waals surface area contributed by atoms with Gasteiger partial charge >= 0.3 is 12.6 Å². The van der Waals surface area contributed by atoms with Crippen LogP contribution in [0, 0.1) is 11.3 Å². The van der Waals surface area contributed by atoms with Crippen molar-refractivity contribution in [2.75, 3.05) is 6.61 Å². The van der Waals surface area contributed by atoms with Crippen LogP contribution in [0.4, 0.5) is 8.78 Å². The van der Waals surface area contributed by atoms with Crippen LogP contribution in [0.3, 0.4) is 0 Å². The molecular weight excluding hydrogens is 292 g/mol. The summed E-state index contributed by atoms with van der Waals surface area (Å²) in [5.74, 6) is -0.944. The molecule has 1 aromatic carbocycles. The molecule has 0 heterocycles. The van der Waals surface area contributed by atoms with Crippen LogP contribution >= 0.6 is 11.6 Å². The second-order valence-electron chi connectivity index (χ2n) is 3.69. The van der Waals surface area contributed by atoms with Gasteiger partial charge in [0.2, 0.25) is 0 Å². The number of ether oxygens (including phenoxy) is 2. The lowest BCUT2D eigenvalue weighted by Crippen LogP contribution is -2.13. The molecule has 20 heavy (non-hydrogen) atoms. The molecule has 0 aliphatic rings. The van der Waals surface area contributed by atoms with E-state index in [-0.39, 0.29) is 41.3 Å². The molecular formula is C13H12ClF2NO3. The Morgan fingerprint density at radius 2 is 2.20 bits per heavy atom. The van der Waals surface area contributed by atoms with E-state index in [1.54, 1.807) is 6.92 Å². The van der Waals surface area contributed by atoms with Crippen LogP contribution in [0.1, 0.15) is 23.6 Å². The van der Waals surface area contributed by atoms with Gasteiger partial charge in [-0.05, 0) is 13.0 Å². The Morgan fingerprint density at radius 3 is 2.70 bits per heavy atom. The summed E-state index contributed by atoms with van der Waals surface area (Å²) in [4.78, 5) is 11.5. The number of hydrogen-bond acceptors (Lipinski definition) is 4. The van der Waals surface area contributed by atoms with Crippen molar-refractivity contribution in [3.05, 3.63) is 28.8 Å². The number of rotatable bonds is 6. The molecule has 0 saturated carbocycles. The van der Waals surface area contributed by atoms with E-state index in [9.17, 15) is 13.6 Å². The highest BCUT2D eigenvalue weighted by molar-refractivity contribution is 6.17. The van der Waals surface area contributed by atoms with Crippen LogP contribution in [-0.4, -0.2) is 19.2 Å². The van der Waals surface area contributed by atoms with E-state index in [0.29, 0.717) is 0 Å². The van der Waals surface area contributed by atoms with E-state index < -0.39 is 12.6 Å². The number of halogens is 3. The number of esters is 1. The van der Waals surface area contributed by atoms with Crippen LogP contribution < -0.4 is 4.74 Å². The summed E-state index contributed by atoms with van der Waals surface area (Å²) in [6, 6.07) is 4.65. The Bertz CT molecular complexity index is 529. The summed E-state index contributed by atoms with van der Waals surface area (Å²) in [6.07, 6.45) is -0.330. The first-order chi connectivity index (χ1) is 9.53. The zero-order valence-electron chi connectivity index (χ0n) is 10.7. The lowest BCUT2D eigenvalue weighted by molar-refractivity contribution is -0.142. The summed E-state index contributed by atoms with van der Waals surface area (Å²) in [5.41, 5.74) is 0.414. The zero-order chi connectivity index (χ0) is 15.1. The molecule has 0 bridgehead atoms. The maximum atomic E-state index is 12.5. The van der Waals surface area contributed by atoms with Crippen molar-refractivity contribution >= 4 is 17.6 Å². The van der Waals surface area contributed by atoms with Crippen molar-refractivity contribution in [1.82, 2.24) is 0 Å². The van der Waals surface area contributed by atoms with Crippen LogP contribution in [0.25, 0.3) is 0 Å². The van der Waals surface area contributed by atoms with E-state index in [0.717, 1.165) is 0 Å². The fourth-order valence-corrected chi connectivity index (χ4v) is 1.86. The van der Waals surface area contributed by atoms with Gasteiger partial charge < -0.3 is 9.47 Å². The van der Waals surface area contributed by atoms with Gasteiger partial charge in [-0.25, -0.2) is 0 Å². The Kier molecular flexibility index (Phi) is 6.19. The second kappa shape index (κ2) is 7.65. The summed E-state index contributed by atoms with van der Waals surface area (Å²) in [6.45, 7) is -1.30. The number of benzene rings is 1. The van der Waals surface area contributed by atoms with Crippen molar-refractivity contribution in [3.63, 3.8) is 0 Å². The summed E-state index contributed by atoms with van der Waals surface area (Å²) < 4.78 is 34.1. The molecule has 108 valence electrons. The average molecular weight is 304 g/mol. The predicted molar refractivity (Wildman–Crippen MR) is 67.7 cm³/mol. The highest BCUT2D eigenvalue weighted by atomic mass is 35.5. The minimum Gasteiger partial charge on any atom is -0.466 e. The Morgan fingerprint density at radius 1 is 1.50 bits per heavy atom. The third kappa shape index (κ3) is 4.07.